The minimum atomic E-state index is -4.38. The zero-order chi connectivity index (χ0) is 13.5. The molecule has 0 aliphatic carbocycles. The molecule has 0 bridgehead atoms. The zero-order valence-electron chi connectivity index (χ0n) is 10.3. The van der Waals surface area contributed by atoms with Crippen molar-refractivity contribution in [3.8, 4) is 0 Å². The molecule has 0 spiro atoms. The van der Waals surface area contributed by atoms with Crippen LogP contribution in [0.2, 0.25) is 0 Å². The summed E-state index contributed by atoms with van der Waals surface area (Å²) in [6, 6.07) is -0.386. The summed E-state index contributed by atoms with van der Waals surface area (Å²) in [7, 11) is 0. The number of alkyl halides is 3. The monoisotopic (exact) mass is 255 g/mol. The first-order valence-electron chi connectivity index (χ1n) is 5.82. The van der Waals surface area contributed by atoms with Gasteiger partial charge in [0.25, 0.3) is 0 Å². The molecule has 0 aromatic carbocycles. The smallest absolute Gasteiger partial charge is 0.396 e. The highest BCUT2D eigenvalue weighted by atomic mass is 19.4. The number of rotatable bonds is 7. The Morgan fingerprint density at radius 2 is 1.82 bits per heavy atom. The van der Waals surface area contributed by atoms with Crippen molar-refractivity contribution in [2.45, 2.75) is 51.7 Å². The van der Waals surface area contributed by atoms with E-state index in [1.165, 1.54) is 0 Å². The maximum absolute atomic E-state index is 12.4. The second kappa shape index (κ2) is 7.53. The lowest BCUT2D eigenvalue weighted by Crippen LogP contribution is -2.45. The predicted molar refractivity (Wildman–Crippen MR) is 58.5 cm³/mol. The molecule has 0 fully saturated rings. The Bertz CT molecular complexity index is 227. The molecule has 0 rings (SSSR count). The third-order valence-electron chi connectivity index (χ3n) is 2.60. The number of aliphatic hydroxyl groups excluding tert-OH is 1. The summed E-state index contributed by atoms with van der Waals surface area (Å²) >= 11 is 0. The number of amides is 1. The van der Waals surface area contributed by atoms with Crippen molar-refractivity contribution in [3.63, 3.8) is 0 Å². The first-order valence-corrected chi connectivity index (χ1v) is 5.82. The van der Waals surface area contributed by atoms with E-state index < -0.39 is 18.6 Å². The van der Waals surface area contributed by atoms with Crippen molar-refractivity contribution in [3.05, 3.63) is 0 Å². The molecule has 0 unspecified atom stereocenters. The molecule has 0 saturated heterocycles. The number of aliphatic hydroxyl groups is 1. The second-order valence-electron chi connectivity index (χ2n) is 3.93. The fourth-order valence-corrected chi connectivity index (χ4v) is 1.72. The van der Waals surface area contributed by atoms with E-state index >= 15 is 0 Å². The summed E-state index contributed by atoms with van der Waals surface area (Å²) in [5.74, 6) is -0.537. The van der Waals surface area contributed by atoms with Crippen LogP contribution in [-0.4, -0.2) is 41.3 Å². The summed E-state index contributed by atoms with van der Waals surface area (Å²) in [5, 5.41) is 8.59. The van der Waals surface area contributed by atoms with Crippen molar-refractivity contribution < 1.29 is 23.1 Å². The number of carbonyl (C=O) groups excluding carboxylic acids is 1. The highest BCUT2D eigenvalue weighted by molar-refractivity contribution is 5.76. The molecular weight excluding hydrogens is 235 g/mol. The van der Waals surface area contributed by atoms with E-state index in [-0.39, 0.29) is 25.5 Å². The maximum atomic E-state index is 12.4. The van der Waals surface area contributed by atoms with Gasteiger partial charge in [-0.2, -0.15) is 13.2 Å². The van der Waals surface area contributed by atoms with Gasteiger partial charge in [0, 0.05) is 19.1 Å². The third-order valence-corrected chi connectivity index (χ3v) is 2.60. The van der Waals surface area contributed by atoms with Crippen LogP contribution in [0.3, 0.4) is 0 Å². The van der Waals surface area contributed by atoms with E-state index in [9.17, 15) is 18.0 Å². The molecule has 0 atom stereocenters. The molecule has 17 heavy (non-hydrogen) atoms. The quantitative estimate of drug-likeness (QED) is 0.758. The summed E-state index contributed by atoms with van der Waals surface area (Å²) in [6.45, 7) is 2.13. The lowest BCUT2D eigenvalue weighted by molar-refractivity contribution is -0.166. The average molecular weight is 255 g/mol. The number of halogens is 3. The van der Waals surface area contributed by atoms with Crippen LogP contribution in [0.4, 0.5) is 13.2 Å². The van der Waals surface area contributed by atoms with Crippen molar-refractivity contribution in [1.82, 2.24) is 4.90 Å². The van der Waals surface area contributed by atoms with Gasteiger partial charge in [-0.05, 0) is 19.3 Å². The SMILES string of the molecule is CCC(CC)N(CC(F)(F)F)C(=O)CCCO. The normalized spacial score (nSPS) is 11.9. The summed E-state index contributed by atoms with van der Waals surface area (Å²) in [6.07, 6.45) is -3.22. The Morgan fingerprint density at radius 1 is 1.29 bits per heavy atom. The molecule has 1 N–H and O–H groups in total. The van der Waals surface area contributed by atoms with E-state index in [2.05, 4.69) is 0 Å². The van der Waals surface area contributed by atoms with E-state index in [0.717, 1.165) is 4.90 Å². The van der Waals surface area contributed by atoms with Crippen LogP contribution in [0, 0.1) is 0 Å². The van der Waals surface area contributed by atoms with Gasteiger partial charge in [-0.25, -0.2) is 0 Å². The fraction of sp³-hybridized carbons (Fsp3) is 0.909. The highest BCUT2D eigenvalue weighted by Crippen LogP contribution is 2.21. The Morgan fingerprint density at radius 3 is 2.18 bits per heavy atom. The third kappa shape index (κ3) is 6.51. The Hall–Kier alpha value is -0.780. The average Bonchev–Trinajstić information content (AvgIpc) is 2.24. The predicted octanol–water partition coefficient (Wildman–Crippen LogP) is 2.34. The van der Waals surface area contributed by atoms with Crippen LogP contribution in [0.15, 0.2) is 0 Å². The Balaban J connectivity index is 4.65. The zero-order valence-corrected chi connectivity index (χ0v) is 10.3. The van der Waals surface area contributed by atoms with E-state index in [4.69, 9.17) is 5.11 Å². The minimum Gasteiger partial charge on any atom is -0.396 e. The topological polar surface area (TPSA) is 40.5 Å². The van der Waals surface area contributed by atoms with E-state index in [1.54, 1.807) is 13.8 Å². The van der Waals surface area contributed by atoms with Gasteiger partial charge in [0.05, 0.1) is 0 Å². The summed E-state index contributed by atoms with van der Waals surface area (Å²) < 4.78 is 37.1. The van der Waals surface area contributed by atoms with E-state index in [1.807, 2.05) is 0 Å². The lowest BCUT2D eigenvalue weighted by atomic mass is 10.1. The first-order chi connectivity index (χ1) is 7.85. The Kier molecular flexibility index (Phi) is 7.18. The molecule has 3 nitrogen and oxygen atoms in total. The number of hydrogen-bond donors (Lipinski definition) is 1. The molecule has 0 heterocycles. The van der Waals surface area contributed by atoms with Gasteiger partial charge >= 0.3 is 6.18 Å². The molecule has 0 radical (unpaired) electrons. The van der Waals surface area contributed by atoms with Crippen molar-refractivity contribution in [2.75, 3.05) is 13.2 Å². The number of carbonyl (C=O) groups is 1. The fourth-order valence-electron chi connectivity index (χ4n) is 1.72. The van der Waals surface area contributed by atoms with Crippen LogP contribution in [0.1, 0.15) is 39.5 Å². The number of nitrogens with zero attached hydrogens (tertiary/aromatic N) is 1. The Labute approximate surface area is 99.6 Å². The summed E-state index contributed by atoms with van der Waals surface area (Å²) in [5.41, 5.74) is 0. The molecule has 0 aromatic rings. The van der Waals surface area contributed by atoms with Gasteiger partial charge in [0.15, 0.2) is 0 Å². The molecule has 0 saturated carbocycles. The highest BCUT2D eigenvalue weighted by Gasteiger charge is 2.35. The maximum Gasteiger partial charge on any atom is 0.406 e. The molecule has 0 aliphatic rings. The standard InChI is InChI=1S/C11H20F3NO2/c1-3-9(4-2)15(8-11(12,13)14)10(17)6-5-7-16/h9,16H,3-8H2,1-2H3. The van der Waals surface area contributed by atoms with Gasteiger partial charge < -0.3 is 10.0 Å². The molecular formula is C11H20F3NO2. The van der Waals surface area contributed by atoms with Crippen LogP contribution in [0.25, 0.3) is 0 Å². The largest absolute Gasteiger partial charge is 0.406 e. The molecule has 0 aromatic heterocycles. The van der Waals surface area contributed by atoms with Crippen LogP contribution >= 0.6 is 0 Å². The van der Waals surface area contributed by atoms with Gasteiger partial charge in [0.2, 0.25) is 5.91 Å². The van der Waals surface area contributed by atoms with Gasteiger partial charge in [-0.3, -0.25) is 4.79 Å². The summed E-state index contributed by atoms with van der Waals surface area (Å²) in [4.78, 5) is 12.5. The molecule has 102 valence electrons. The molecule has 1 amide bonds. The van der Waals surface area contributed by atoms with Crippen molar-refractivity contribution >= 4 is 5.91 Å². The molecule has 6 heteroatoms. The van der Waals surface area contributed by atoms with Crippen molar-refractivity contribution in [2.24, 2.45) is 0 Å². The van der Waals surface area contributed by atoms with Crippen LogP contribution < -0.4 is 0 Å². The first kappa shape index (κ1) is 16.2. The van der Waals surface area contributed by atoms with Crippen LogP contribution in [-0.2, 0) is 4.79 Å². The van der Waals surface area contributed by atoms with Crippen molar-refractivity contribution in [1.29, 1.82) is 0 Å². The second-order valence-corrected chi connectivity index (χ2v) is 3.93. The minimum absolute atomic E-state index is 0.0386. The molecule has 0 aliphatic heterocycles. The van der Waals surface area contributed by atoms with Gasteiger partial charge in [-0.15, -0.1) is 0 Å². The van der Waals surface area contributed by atoms with E-state index in [0.29, 0.717) is 12.8 Å². The van der Waals surface area contributed by atoms with Gasteiger partial charge in [-0.1, -0.05) is 13.8 Å². The van der Waals surface area contributed by atoms with Crippen LogP contribution in [0.5, 0.6) is 0 Å². The lowest BCUT2D eigenvalue weighted by Gasteiger charge is -2.31. The van der Waals surface area contributed by atoms with Gasteiger partial charge in [0.1, 0.15) is 6.54 Å². The number of hydrogen-bond acceptors (Lipinski definition) is 2.